The molecule has 1 amide bonds. The number of nitro benzene ring substituents is 1. The molecule has 0 aliphatic carbocycles. The Labute approximate surface area is 235 Å². The molecule has 0 unspecified atom stereocenters. The van der Waals surface area contributed by atoms with Gasteiger partial charge in [-0.15, -0.1) is 0 Å². The van der Waals surface area contributed by atoms with Crippen molar-refractivity contribution in [1.29, 1.82) is 0 Å². The van der Waals surface area contributed by atoms with Gasteiger partial charge in [-0.05, 0) is 52.0 Å². The summed E-state index contributed by atoms with van der Waals surface area (Å²) in [5, 5.41) is 17.9. The maximum atomic E-state index is 13.4. The molecule has 1 aromatic heterocycles. The van der Waals surface area contributed by atoms with Crippen LogP contribution in [0.3, 0.4) is 0 Å². The number of nitro groups is 1. The number of methoxy groups -OCH3 is 1. The smallest absolute Gasteiger partial charge is 0.311 e. The van der Waals surface area contributed by atoms with Crippen LogP contribution in [0.15, 0.2) is 46.3 Å². The Morgan fingerprint density at radius 2 is 1.61 bits per heavy atom. The summed E-state index contributed by atoms with van der Waals surface area (Å²) < 4.78 is 22.8. The summed E-state index contributed by atoms with van der Waals surface area (Å²) in [7, 11) is 1.21. The van der Waals surface area contributed by atoms with Crippen LogP contribution < -0.4 is 25.2 Å². The van der Waals surface area contributed by atoms with Gasteiger partial charge in [0.15, 0.2) is 11.5 Å². The zero-order chi connectivity index (χ0) is 30.1. The van der Waals surface area contributed by atoms with E-state index in [1.807, 2.05) is 6.92 Å². The molecular formula is C27H31N5O9. The van der Waals surface area contributed by atoms with E-state index in [1.165, 1.54) is 50.4 Å². The number of hydrogen-bond acceptors (Lipinski definition) is 10. The molecule has 2 aromatic carbocycles. The number of carbonyl (C=O) groups excluding carboxylic acids is 2. The third-order valence-electron chi connectivity index (χ3n) is 5.69. The first-order valence-electron chi connectivity index (χ1n) is 12.7. The van der Waals surface area contributed by atoms with E-state index in [4.69, 9.17) is 18.9 Å². The minimum atomic E-state index is -0.624. The second kappa shape index (κ2) is 13.8. The minimum absolute atomic E-state index is 0.0192. The molecule has 0 saturated carbocycles. The number of H-pyrrole nitrogens is 1. The number of ether oxygens (including phenoxy) is 4. The Hall–Kier alpha value is -5.14. The van der Waals surface area contributed by atoms with E-state index in [0.29, 0.717) is 37.1 Å². The highest BCUT2D eigenvalue weighted by Gasteiger charge is 2.22. The van der Waals surface area contributed by atoms with Gasteiger partial charge in [-0.2, -0.15) is 5.10 Å². The van der Waals surface area contributed by atoms with E-state index in [1.54, 1.807) is 13.8 Å². The van der Waals surface area contributed by atoms with Crippen LogP contribution in [0.1, 0.15) is 49.3 Å². The van der Waals surface area contributed by atoms with Crippen LogP contribution in [0, 0.1) is 10.1 Å². The van der Waals surface area contributed by atoms with Crippen LogP contribution in [-0.4, -0.2) is 59.2 Å². The zero-order valence-corrected chi connectivity index (χ0v) is 23.3. The van der Waals surface area contributed by atoms with Gasteiger partial charge in [0.05, 0.1) is 60.9 Å². The van der Waals surface area contributed by atoms with E-state index in [9.17, 15) is 24.5 Å². The predicted molar refractivity (Wildman–Crippen MR) is 148 cm³/mol. The highest BCUT2D eigenvalue weighted by Crippen LogP contribution is 2.39. The van der Waals surface area contributed by atoms with Gasteiger partial charge in [0.2, 0.25) is 5.75 Å². The molecule has 2 N–H and O–H groups in total. The molecule has 3 aromatic rings. The van der Waals surface area contributed by atoms with Gasteiger partial charge in [0, 0.05) is 17.7 Å². The number of carbonyl (C=O) groups is 2. The molecule has 0 aliphatic rings. The Morgan fingerprint density at radius 1 is 1.02 bits per heavy atom. The fourth-order valence-electron chi connectivity index (χ4n) is 3.88. The number of aromatic amines is 1. The van der Waals surface area contributed by atoms with E-state index in [-0.39, 0.29) is 40.3 Å². The third-order valence-corrected chi connectivity index (χ3v) is 5.69. The summed E-state index contributed by atoms with van der Waals surface area (Å²) in [6, 6.07) is 8.25. The lowest BCUT2D eigenvalue weighted by Crippen LogP contribution is -2.24. The molecule has 14 nitrogen and oxygen atoms in total. The summed E-state index contributed by atoms with van der Waals surface area (Å²) in [6.45, 7) is 7.90. The molecule has 0 saturated heterocycles. The maximum absolute atomic E-state index is 13.4. The lowest BCUT2D eigenvalue weighted by molar-refractivity contribution is -0.384. The molecular weight excluding hydrogens is 538 g/mol. The number of aromatic nitrogens is 2. The van der Waals surface area contributed by atoms with Crippen molar-refractivity contribution in [2.45, 2.75) is 34.1 Å². The molecule has 41 heavy (non-hydrogen) atoms. The average Bonchev–Trinajstić information content (AvgIpc) is 3.28. The molecule has 3 rings (SSSR count). The van der Waals surface area contributed by atoms with Crippen molar-refractivity contribution in [2.75, 3.05) is 26.9 Å². The van der Waals surface area contributed by atoms with Gasteiger partial charge >= 0.3 is 5.97 Å². The molecule has 0 bridgehead atoms. The Balaban J connectivity index is 1.99. The quantitative estimate of drug-likeness (QED) is 0.135. The second-order valence-electron chi connectivity index (χ2n) is 8.37. The van der Waals surface area contributed by atoms with Gasteiger partial charge in [-0.25, -0.2) is 10.1 Å². The van der Waals surface area contributed by atoms with Crippen molar-refractivity contribution in [3.63, 3.8) is 0 Å². The fourth-order valence-corrected chi connectivity index (χ4v) is 3.88. The number of benzene rings is 2. The van der Waals surface area contributed by atoms with Crippen molar-refractivity contribution in [1.82, 2.24) is 15.2 Å². The molecule has 14 heteroatoms. The van der Waals surface area contributed by atoms with Crippen molar-refractivity contribution in [3.8, 4) is 22.9 Å². The molecule has 0 spiro atoms. The van der Waals surface area contributed by atoms with Crippen molar-refractivity contribution in [2.24, 2.45) is 5.10 Å². The fraction of sp³-hybridized carbons (Fsp3) is 0.333. The zero-order valence-electron chi connectivity index (χ0n) is 23.3. The number of nitrogens with one attached hydrogen (secondary N) is 2. The van der Waals surface area contributed by atoms with Crippen LogP contribution in [0.2, 0.25) is 0 Å². The van der Waals surface area contributed by atoms with E-state index in [0.717, 1.165) is 4.68 Å². The van der Waals surface area contributed by atoms with Gasteiger partial charge in [0.1, 0.15) is 0 Å². The summed E-state index contributed by atoms with van der Waals surface area (Å²) in [5.41, 5.74) is 2.43. The Morgan fingerprint density at radius 3 is 2.12 bits per heavy atom. The van der Waals surface area contributed by atoms with E-state index < -0.39 is 22.4 Å². The van der Waals surface area contributed by atoms with Crippen molar-refractivity contribution in [3.05, 3.63) is 73.7 Å². The number of hydrazone groups is 1. The SMILES string of the molecule is CCOc1cc(C(=O)NN=C(C)c2c(CC(=O)OC)[nH]n(-c3ccc([N+](=O)[O-])cc3)c2=O)cc(OCC)c1OCC. The van der Waals surface area contributed by atoms with Crippen molar-refractivity contribution >= 4 is 23.3 Å². The maximum Gasteiger partial charge on any atom is 0.311 e. The van der Waals surface area contributed by atoms with Crippen LogP contribution in [0.5, 0.6) is 17.2 Å². The minimum Gasteiger partial charge on any atom is -0.490 e. The Kier molecular flexibility index (Phi) is 10.2. The lowest BCUT2D eigenvalue weighted by Gasteiger charge is -2.16. The van der Waals surface area contributed by atoms with Crippen LogP contribution >= 0.6 is 0 Å². The topological polar surface area (TPSA) is 176 Å². The highest BCUT2D eigenvalue weighted by atomic mass is 16.6. The number of amides is 1. The summed E-state index contributed by atoms with van der Waals surface area (Å²) >= 11 is 0. The first-order chi connectivity index (χ1) is 19.6. The monoisotopic (exact) mass is 569 g/mol. The first-order valence-corrected chi connectivity index (χ1v) is 12.7. The van der Waals surface area contributed by atoms with E-state index >= 15 is 0 Å². The first kappa shape index (κ1) is 30.4. The third kappa shape index (κ3) is 7.09. The Bertz CT molecular complexity index is 1480. The van der Waals surface area contributed by atoms with Crippen LogP contribution in [-0.2, 0) is 16.0 Å². The number of esters is 1. The summed E-state index contributed by atoms with van der Waals surface area (Å²) in [5.74, 6) is -0.221. The van der Waals surface area contributed by atoms with Gasteiger partial charge < -0.3 is 18.9 Å². The molecule has 0 fully saturated rings. The summed E-state index contributed by atoms with van der Waals surface area (Å²) in [6.07, 6.45) is -0.295. The highest BCUT2D eigenvalue weighted by molar-refractivity contribution is 6.02. The van der Waals surface area contributed by atoms with Crippen LogP contribution in [0.25, 0.3) is 5.69 Å². The van der Waals surface area contributed by atoms with Crippen LogP contribution in [0.4, 0.5) is 5.69 Å². The predicted octanol–water partition coefficient (Wildman–Crippen LogP) is 3.14. The number of non-ortho nitro benzene ring substituents is 1. The normalized spacial score (nSPS) is 11.1. The lowest BCUT2D eigenvalue weighted by atomic mass is 10.1. The van der Waals surface area contributed by atoms with Gasteiger partial charge in [-0.3, -0.25) is 29.6 Å². The summed E-state index contributed by atoms with van der Waals surface area (Å²) in [4.78, 5) is 48.9. The van der Waals surface area contributed by atoms with Gasteiger partial charge in [-0.1, -0.05) is 0 Å². The largest absolute Gasteiger partial charge is 0.490 e. The molecule has 0 radical (unpaired) electrons. The molecule has 0 atom stereocenters. The van der Waals surface area contributed by atoms with Crippen molar-refractivity contribution < 1.29 is 33.5 Å². The number of rotatable bonds is 13. The molecule has 1 heterocycles. The number of hydrogen-bond donors (Lipinski definition) is 2. The van der Waals surface area contributed by atoms with E-state index in [2.05, 4.69) is 15.6 Å². The van der Waals surface area contributed by atoms with Gasteiger partial charge in [0.25, 0.3) is 17.2 Å². The number of nitrogens with zero attached hydrogens (tertiary/aromatic N) is 3. The molecule has 0 aliphatic heterocycles. The second-order valence-corrected chi connectivity index (χ2v) is 8.37. The average molecular weight is 570 g/mol. The molecule has 218 valence electrons. The standard InChI is InChI=1S/C27H31N5O9/c1-6-39-21-13-17(14-22(40-7-2)25(21)41-8-3)26(34)29-28-16(4)24-20(15-23(33)38-5)30-31(27(24)35)18-9-11-19(12-10-18)32(36)37/h9-14,30H,6-8,15H2,1-5H3,(H,29,34).